The SMILES string of the molecule is COc1ccc(/C(C)=N\NC(=O)c2cc(C)[nH]n2)cc1. The van der Waals surface area contributed by atoms with Crippen LogP contribution in [-0.2, 0) is 0 Å². The summed E-state index contributed by atoms with van der Waals surface area (Å²) in [4.78, 5) is 11.8. The van der Waals surface area contributed by atoms with Crippen molar-refractivity contribution in [1.29, 1.82) is 0 Å². The highest BCUT2D eigenvalue weighted by atomic mass is 16.5. The molecule has 1 aromatic carbocycles. The van der Waals surface area contributed by atoms with Crippen molar-refractivity contribution in [3.8, 4) is 5.75 Å². The molecule has 2 N–H and O–H groups in total. The smallest absolute Gasteiger partial charge is 0.291 e. The average Bonchev–Trinajstić information content (AvgIpc) is 2.91. The van der Waals surface area contributed by atoms with E-state index in [0.717, 1.165) is 17.0 Å². The molecule has 0 bridgehead atoms. The molecule has 0 aliphatic rings. The predicted octanol–water partition coefficient (Wildman–Crippen LogP) is 1.88. The fourth-order valence-corrected chi connectivity index (χ4v) is 1.62. The molecular weight excluding hydrogens is 256 g/mol. The summed E-state index contributed by atoms with van der Waals surface area (Å²) in [7, 11) is 1.61. The minimum Gasteiger partial charge on any atom is -0.497 e. The van der Waals surface area contributed by atoms with E-state index in [-0.39, 0.29) is 5.91 Å². The largest absolute Gasteiger partial charge is 0.497 e. The summed E-state index contributed by atoms with van der Waals surface area (Å²) in [6.07, 6.45) is 0. The second-order valence-corrected chi connectivity index (χ2v) is 4.30. The number of methoxy groups -OCH3 is 1. The number of H-pyrrole nitrogens is 1. The van der Waals surface area contributed by atoms with E-state index >= 15 is 0 Å². The minimum atomic E-state index is -0.345. The molecule has 1 amide bonds. The van der Waals surface area contributed by atoms with Crippen molar-refractivity contribution < 1.29 is 9.53 Å². The fourth-order valence-electron chi connectivity index (χ4n) is 1.62. The Morgan fingerprint density at radius 3 is 2.60 bits per heavy atom. The molecule has 1 heterocycles. The van der Waals surface area contributed by atoms with Crippen molar-refractivity contribution in [3.05, 3.63) is 47.3 Å². The van der Waals surface area contributed by atoms with Crippen LogP contribution >= 0.6 is 0 Å². The van der Waals surface area contributed by atoms with Crippen LogP contribution in [0.3, 0.4) is 0 Å². The molecule has 0 aliphatic carbocycles. The maximum atomic E-state index is 11.8. The van der Waals surface area contributed by atoms with Crippen molar-refractivity contribution in [3.63, 3.8) is 0 Å². The van der Waals surface area contributed by atoms with Crippen LogP contribution in [-0.4, -0.2) is 28.9 Å². The van der Waals surface area contributed by atoms with Crippen molar-refractivity contribution in [1.82, 2.24) is 15.6 Å². The summed E-state index contributed by atoms with van der Waals surface area (Å²) in [5, 5.41) is 10.6. The van der Waals surface area contributed by atoms with Crippen LogP contribution in [0.1, 0.15) is 28.7 Å². The highest BCUT2D eigenvalue weighted by Gasteiger charge is 2.08. The Hall–Kier alpha value is -2.63. The third kappa shape index (κ3) is 3.23. The lowest BCUT2D eigenvalue weighted by Gasteiger charge is -2.03. The zero-order valence-corrected chi connectivity index (χ0v) is 11.6. The molecule has 1 aromatic heterocycles. The maximum Gasteiger partial charge on any atom is 0.291 e. The van der Waals surface area contributed by atoms with Crippen LogP contribution in [0.15, 0.2) is 35.4 Å². The second kappa shape index (κ2) is 6.01. The quantitative estimate of drug-likeness (QED) is 0.658. The van der Waals surface area contributed by atoms with Crippen LogP contribution in [0.4, 0.5) is 0 Å². The molecule has 20 heavy (non-hydrogen) atoms. The average molecular weight is 272 g/mol. The van der Waals surface area contributed by atoms with Gasteiger partial charge in [-0.2, -0.15) is 10.2 Å². The molecule has 0 fully saturated rings. The first-order chi connectivity index (χ1) is 9.60. The normalized spacial score (nSPS) is 11.2. The van der Waals surface area contributed by atoms with Crippen molar-refractivity contribution in [2.75, 3.05) is 7.11 Å². The summed E-state index contributed by atoms with van der Waals surface area (Å²) < 4.78 is 5.09. The van der Waals surface area contributed by atoms with E-state index in [0.29, 0.717) is 11.4 Å². The topological polar surface area (TPSA) is 79.4 Å². The Morgan fingerprint density at radius 2 is 2.05 bits per heavy atom. The van der Waals surface area contributed by atoms with Gasteiger partial charge in [0.15, 0.2) is 5.69 Å². The molecule has 0 atom stereocenters. The van der Waals surface area contributed by atoms with Gasteiger partial charge in [0, 0.05) is 5.69 Å². The number of carbonyl (C=O) groups excluding carboxylic acids is 1. The first kappa shape index (κ1) is 13.8. The van der Waals surface area contributed by atoms with E-state index in [1.165, 1.54) is 0 Å². The number of nitrogens with one attached hydrogen (secondary N) is 2. The Morgan fingerprint density at radius 1 is 1.35 bits per heavy atom. The molecule has 0 unspecified atom stereocenters. The summed E-state index contributed by atoms with van der Waals surface area (Å²) in [6, 6.07) is 9.10. The van der Waals surface area contributed by atoms with Gasteiger partial charge in [0.2, 0.25) is 0 Å². The molecule has 2 aromatic rings. The van der Waals surface area contributed by atoms with Crippen LogP contribution in [0.25, 0.3) is 0 Å². The van der Waals surface area contributed by atoms with E-state index in [1.807, 2.05) is 38.1 Å². The van der Waals surface area contributed by atoms with Gasteiger partial charge in [-0.25, -0.2) is 5.43 Å². The summed E-state index contributed by atoms with van der Waals surface area (Å²) in [5.41, 5.74) is 5.22. The summed E-state index contributed by atoms with van der Waals surface area (Å²) in [6.45, 7) is 3.65. The van der Waals surface area contributed by atoms with Gasteiger partial charge in [0.25, 0.3) is 5.91 Å². The van der Waals surface area contributed by atoms with Gasteiger partial charge < -0.3 is 4.74 Å². The van der Waals surface area contributed by atoms with Gasteiger partial charge in [-0.15, -0.1) is 0 Å². The first-order valence-corrected chi connectivity index (χ1v) is 6.11. The number of carbonyl (C=O) groups is 1. The lowest BCUT2D eigenvalue weighted by molar-refractivity contribution is 0.0950. The molecule has 0 saturated carbocycles. The molecule has 104 valence electrons. The van der Waals surface area contributed by atoms with E-state index in [1.54, 1.807) is 13.2 Å². The van der Waals surface area contributed by atoms with E-state index < -0.39 is 0 Å². The van der Waals surface area contributed by atoms with Gasteiger partial charge in [0.05, 0.1) is 12.8 Å². The molecule has 0 radical (unpaired) electrons. The van der Waals surface area contributed by atoms with Gasteiger partial charge >= 0.3 is 0 Å². The van der Waals surface area contributed by atoms with Gasteiger partial charge in [-0.1, -0.05) is 0 Å². The molecular formula is C14H16N4O2. The third-order valence-electron chi connectivity index (χ3n) is 2.77. The third-order valence-corrected chi connectivity index (χ3v) is 2.77. The number of aryl methyl sites for hydroxylation is 1. The number of aromatic nitrogens is 2. The molecule has 2 rings (SSSR count). The first-order valence-electron chi connectivity index (χ1n) is 6.11. The summed E-state index contributed by atoms with van der Waals surface area (Å²) in [5.74, 6) is 0.430. The Kier molecular flexibility index (Phi) is 4.14. The zero-order chi connectivity index (χ0) is 14.5. The number of hydrogen-bond donors (Lipinski definition) is 2. The van der Waals surface area contributed by atoms with Crippen molar-refractivity contribution in [2.45, 2.75) is 13.8 Å². The monoisotopic (exact) mass is 272 g/mol. The second-order valence-electron chi connectivity index (χ2n) is 4.30. The number of aromatic amines is 1. The molecule has 0 spiro atoms. The number of ether oxygens (including phenoxy) is 1. The number of nitrogens with zero attached hydrogens (tertiary/aromatic N) is 2. The number of hydrogen-bond acceptors (Lipinski definition) is 4. The molecule has 6 nitrogen and oxygen atoms in total. The standard InChI is InChI=1S/C14H16N4O2/c1-9-8-13(17-15-9)14(19)18-16-10(2)11-4-6-12(20-3)7-5-11/h4-8H,1-3H3,(H,15,17)(H,18,19)/b16-10-. The van der Waals surface area contributed by atoms with E-state index in [9.17, 15) is 4.79 Å². The zero-order valence-electron chi connectivity index (χ0n) is 11.6. The maximum absolute atomic E-state index is 11.8. The van der Waals surface area contributed by atoms with Gasteiger partial charge in [-0.05, 0) is 49.7 Å². The van der Waals surface area contributed by atoms with Gasteiger partial charge in [-0.3, -0.25) is 9.89 Å². The van der Waals surface area contributed by atoms with Crippen LogP contribution in [0, 0.1) is 6.92 Å². The number of benzene rings is 1. The number of amides is 1. The van der Waals surface area contributed by atoms with E-state index in [4.69, 9.17) is 4.74 Å². The van der Waals surface area contributed by atoms with Crippen molar-refractivity contribution >= 4 is 11.6 Å². The van der Waals surface area contributed by atoms with Crippen molar-refractivity contribution in [2.24, 2.45) is 5.10 Å². The lowest BCUT2D eigenvalue weighted by Crippen LogP contribution is -2.19. The Labute approximate surface area is 116 Å². The van der Waals surface area contributed by atoms with Crippen LogP contribution in [0.2, 0.25) is 0 Å². The molecule has 0 aliphatic heterocycles. The number of rotatable bonds is 4. The lowest BCUT2D eigenvalue weighted by atomic mass is 10.1. The predicted molar refractivity (Wildman–Crippen MR) is 76.0 cm³/mol. The Bertz CT molecular complexity index is 629. The van der Waals surface area contributed by atoms with E-state index in [2.05, 4.69) is 20.7 Å². The van der Waals surface area contributed by atoms with Crippen LogP contribution < -0.4 is 10.2 Å². The highest BCUT2D eigenvalue weighted by molar-refractivity contribution is 6.00. The molecule has 6 heteroatoms. The highest BCUT2D eigenvalue weighted by Crippen LogP contribution is 2.11. The fraction of sp³-hybridized carbons (Fsp3) is 0.214. The van der Waals surface area contributed by atoms with Crippen LogP contribution in [0.5, 0.6) is 5.75 Å². The Balaban J connectivity index is 2.04. The summed E-state index contributed by atoms with van der Waals surface area (Å²) >= 11 is 0. The molecule has 0 saturated heterocycles. The number of hydrazone groups is 1. The minimum absolute atomic E-state index is 0.314. The van der Waals surface area contributed by atoms with Gasteiger partial charge in [0.1, 0.15) is 5.75 Å².